The quantitative estimate of drug-likeness (QED) is 0.409. The third-order valence-corrected chi connectivity index (χ3v) is 3.76. The highest BCUT2D eigenvalue weighted by atomic mass is 16.5. The Hall–Kier alpha value is -0.770. The lowest BCUT2D eigenvalue weighted by Gasteiger charge is -2.22. The first-order valence-corrected chi connectivity index (χ1v) is 8.28. The second kappa shape index (κ2) is 11.0. The van der Waals surface area contributed by atoms with Gasteiger partial charge in [-0.25, -0.2) is 0 Å². The number of ether oxygens (including phenoxy) is 1. The molecule has 0 amide bonds. The van der Waals surface area contributed by atoms with Gasteiger partial charge in [-0.15, -0.1) is 0 Å². The minimum absolute atomic E-state index is 0.521. The molecular weight excluding hydrogens is 250 g/mol. The Morgan fingerprint density at radius 2 is 1.85 bits per heavy atom. The molecular formula is C16H33N3O. The van der Waals surface area contributed by atoms with Gasteiger partial charge in [0.1, 0.15) is 0 Å². The summed E-state index contributed by atoms with van der Waals surface area (Å²) in [4.78, 5) is 4.23. The maximum Gasteiger partial charge on any atom is 0.190 e. The van der Waals surface area contributed by atoms with Crippen LogP contribution in [0.3, 0.4) is 0 Å². The van der Waals surface area contributed by atoms with Crippen LogP contribution in [-0.2, 0) is 4.74 Å². The van der Waals surface area contributed by atoms with Crippen LogP contribution in [-0.4, -0.2) is 38.8 Å². The number of nitrogens with one attached hydrogen (secondary N) is 2. The maximum atomic E-state index is 5.91. The zero-order chi connectivity index (χ0) is 14.6. The summed E-state index contributed by atoms with van der Waals surface area (Å²) in [5.74, 6) is 1.63. The smallest absolute Gasteiger partial charge is 0.190 e. The van der Waals surface area contributed by atoms with E-state index in [9.17, 15) is 0 Å². The molecule has 2 N–H and O–H groups in total. The van der Waals surface area contributed by atoms with Gasteiger partial charge in [-0.3, -0.25) is 4.99 Å². The number of rotatable bonds is 8. The van der Waals surface area contributed by atoms with E-state index in [0.717, 1.165) is 38.0 Å². The van der Waals surface area contributed by atoms with Crippen molar-refractivity contribution in [1.29, 1.82) is 0 Å². The maximum absolute atomic E-state index is 5.91. The normalized spacial score (nSPS) is 17.5. The van der Waals surface area contributed by atoms with Crippen LogP contribution in [0.2, 0.25) is 0 Å². The van der Waals surface area contributed by atoms with Gasteiger partial charge in [-0.2, -0.15) is 0 Å². The molecule has 20 heavy (non-hydrogen) atoms. The molecule has 0 aliphatic heterocycles. The molecule has 0 heterocycles. The van der Waals surface area contributed by atoms with Gasteiger partial charge in [0.05, 0.1) is 6.10 Å². The Bertz CT molecular complexity index is 260. The number of guanidine groups is 1. The van der Waals surface area contributed by atoms with Crippen molar-refractivity contribution in [3.63, 3.8) is 0 Å². The summed E-state index contributed by atoms with van der Waals surface area (Å²) >= 11 is 0. The van der Waals surface area contributed by atoms with E-state index in [1.54, 1.807) is 0 Å². The van der Waals surface area contributed by atoms with Crippen molar-refractivity contribution in [1.82, 2.24) is 10.6 Å². The van der Waals surface area contributed by atoms with E-state index >= 15 is 0 Å². The second-order valence-electron chi connectivity index (χ2n) is 6.09. The van der Waals surface area contributed by atoms with Crippen LogP contribution >= 0.6 is 0 Å². The summed E-state index contributed by atoms with van der Waals surface area (Å²) in [6.07, 6.45) is 9.32. The van der Waals surface area contributed by atoms with E-state index in [1.165, 1.54) is 38.5 Å². The van der Waals surface area contributed by atoms with Crippen LogP contribution in [0, 0.1) is 5.92 Å². The molecule has 118 valence electrons. The minimum atomic E-state index is 0.521. The molecule has 0 saturated heterocycles. The van der Waals surface area contributed by atoms with Crippen LogP contribution in [0.4, 0.5) is 0 Å². The average molecular weight is 283 g/mol. The van der Waals surface area contributed by atoms with Crippen molar-refractivity contribution >= 4 is 5.96 Å². The summed E-state index contributed by atoms with van der Waals surface area (Å²) in [5, 5.41) is 6.68. The topological polar surface area (TPSA) is 45.7 Å². The fourth-order valence-electron chi connectivity index (χ4n) is 2.46. The van der Waals surface area contributed by atoms with E-state index in [-0.39, 0.29) is 0 Å². The first kappa shape index (κ1) is 17.3. The molecule has 0 aromatic carbocycles. The third kappa shape index (κ3) is 8.41. The van der Waals surface area contributed by atoms with Crippen molar-refractivity contribution in [3.8, 4) is 0 Å². The van der Waals surface area contributed by atoms with Crippen LogP contribution in [0.1, 0.15) is 58.8 Å². The molecule has 4 heteroatoms. The Balaban J connectivity index is 1.98. The van der Waals surface area contributed by atoms with Crippen molar-refractivity contribution in [2.45, 2.75) is 64.9 Å². The Labute approximate surface area is 124 Å². The van der Waals surface area contributed by atoms with Gasteiger partial charge in [-0.05, 0) is 31.6 Å². The lowest BCUT2D eigenvalue weighted by atomic mass is 9.98. The zero-order valence-electron chi connectivity index (χ0n) is 13.6. The van der Waals surface area contributed by atoms with Gasteiger partial charge in [-0.1, -0.05) is 33.1 Å². The van der Waals surface area contributed by atoms with Crippen LogP contribution < -0.4 is 10.6 Å². The number of hydrogen-bond donors (Lipinski definition) is 2. The van der Waals surface area contributed by atoms with E-state index in [1.807, 2.05) is 7.05 Å². The summed E-state index contributed by atoms with van der Waals surface area (Å²) < 4.78 is 5.91. The summed E-state index contributed by atoms with van der Waals surface area (Å²) in [7, 11) is 1.82. The minimum Gasteiger partial charge on any atom is -0.378 e. The highest BCUT2D eigenvalue weighted by Gasteiger charge is 2.12. The lowest BCUT2D eigenvalue weighted by Crippen LogP contribution is -2.38. The predicted molar refractivity (Wildman–Crippen MR) is 86.3 cm³/mol. The summed E-state index contributed by atoms with van der Waals surface area (Å²) in [5.41, 5.74) is 0. The van der Waals surface area contributed by atoms with E-state index in [2.05, 4.69) is 29.5 Å². The fraction of sp³-hybridized carbons (Fsp3) is 0.938. The van der Waals surface area contributed by atoms with Gasteiger partial charge < -0.3 is 15.4 Å². The van der Waals surface area contributed by atoms with Crippen molar-refractivity contribution in [2.75, 3.05) is 26.7 Å². The molecule has 0 radical (unpaired) electrons. The van der Waals surface area contributed by atoms with Crippen molar-refractivity contribution < 1.29 is 4.74 Å². The van der Waals surface area contributed by atoms with E-state index in [4.69, 9.17) is 4.74 Å². The Morgan fingerprint density at radius 3 is 2.50 bits per heavy atom. The molecule has 0 aromatic heterocycles. The highest BCUT2D eigenvalue weighted by Crippen LogP contribution is 2.20. The van der Waals surface area contributed by atoms with Crippen LogP contribution in [0.15, 0.2) is 4.99 Å². The average Bonchev–Trinajstić information content (AvgIpc) is 2.46. The molecule has 1 saturated carbocycles. The Morgan fingerprint density at radius 1 is 1.15 bits per heavy atom. The standard InChI is InChI=1S/C16H33N3O/c1-14(2)10-12-19-16(17-3)18-11-7-13-20-15-8-5-4-6-9-15/h14-15H,4-13H2,1-3H3,(H2,17,18,19). The van der Waals surface area contributed by atoms with Crippen molar-refractivity contribution in [3.05, 3.63) is 0 Å². The molecule has 1 aliphatic rings. The predicted octanol–water partition coefficient (Wildman–Crippen LogP) is 2.94. The summed E-state index contributed by atoms with van der Waals surface area (Å²) in [6, 6.07) is 0. The first-order chi connectivity index (χ1) is 9.72. The first-order valence-electron chi connectivity index (χ1n) is 8.28. The molecule has 0 aromatic rings. The van der Waals surface area contributed by atoms with Gasteiger partial charge in [0.2, 0.25) is 0 Å². The number of nitrogens with zero attached hydrogens (tertiary/aromatic N) is 1. The molecule has 0 spiro atoms. The van der Waals surface area contributed by atoms with Crippen LogP contribution in [0.25, 0.3) is 0 Å². The third-order valence-electron chi connectivity index (χ3n) is 3.76. The van der Waals surface area contributed by atoms with Crippen LogP contribution in [0.5, 0.6) is 0 Å². The van der Waals surface area contributed by atoms with Gasteiger partial charge in [0.15, 0.2) is 5.96 Å². The number of hydrogen-bond acceptors (Lipinski definition) is 2. The molecule has 1 aliphatic carbocycles. The summed E-state index contributed by atoms with van der Waals surface area (Å²) in [6.45, 7) is 7.24. The van der Waals surface area contributed by atoms with Gasteiger partial charge in [0, 0.05) is 26.7 Å². The van der Waals surface area contributed by atoms with E-state index < -0.39 is 0 Å². The Kier molecular flexibility index (Phi) is 9.46. The zero-order valence-corrected chi connectivity index (χ0v) is 13.6. The van der Waals surface area contributed by atoms with Crippen molar-refractivity contribution in [2.24, 2.45) is 10.9 Å². The SMILES string of the molecule is CN=C(NCCCOC1CCCCC1)NCCC(C)C. The van der Waals surface area contributed by atoms with Gasteiger partial charge in [0.25, 0.3) is 0 Å². The molecule has 0 bridgehead atoms. The van der Waals surface area contributed by atoms with E-state index in [0.29, 0.717) is 6.10 Å². The second-order valence-corrected chi connectivity index (χ2v) is 6.09. The molecule has 4 nitrogen and oxygen atoms in total. The molecule has 0 atom stereocenters. The molecule has 1 rings (SSSR count). The fourth-order valence-corrected chi connectivity index (χ4v) is 2.46. The number of aliphatic imine (C=N–C) groups is 1. The highest BCUT2D eigenvalue weighted by molar-refractivity contribution is 5.79. The molecule has 0 unspecified atom stereocenters. The lowest BCUT2D eigenvalue weighted by molar-refractivity contribution is 0.0277. The van der Waals surface area contributed by atoms with Gasteiger partial charge >= 0.3 is 0 Å². The largest absolute Gasteiger partial charge is 0.378 e. The monoisotopic (exact) mass is 283 g/mol. The molecule has 1 fully saturated rings.